The molecule has 0 unspecified atom stereocenters. The first kappa shape index (κ1) is 18.3. The van der Waals surface area contributed by atoms with Gasteiger partial charge in [-0.15, -0.1) is 0 Å². The molecule has 0 fully saturated rings. The monoisotopic (exact) mass is 418 g/mol. The Morgan fingerprint density at radius 3 is 1.88 bits per heavy atom. The van der Waals surface area contributed by atoms with Crippen molar-refractivity contribution >= 4 is 17.3 Å². The number of fused-ring (bicyclic) bond motifs is 5. The van der Waals surface area contributed by atoms with Crippen molar-refractivity contribution < 1.29 is 24.6 Å². The Hall–Kier alpha value is -4.51. The maximum atomic E-state index is 13.1. The fraction of sp³-hybridized carbons (Fsp3) is 0. The minimum atomic E-state index is -0.614. The van der Waals surface area contributed by atoms with Crippen molar-refractivity contribution in [3.63, 3.8) is 0 Å². The quantitative estimate of drug-likeness (QED) is 0.402. The van der Waals surface area contributed by atoms with Gasteiger partial charge in [0.15, 0.2) is 11.6 Å². The maximum Gasteiger partial charge on any atom is 0.201 e. The third-order valence-electron chi connectivity index (χ3n) is 6.20. The molecule has 0 radical (unpaired) electrons. The van der Waals surface area contributed by atoms with Crippen molar-refractivity contribution in [3.05, 3.63) is 106 Å². The molecule has 4 aromatic rings. The van der Waals surface area contributed by atoms with Crippen LogP contribution in [0.25, 0.3) is 22.3 Å². The van der Waals surface area contributed by atoms with Crippen molar-refractivity contribution in [2.24, 2.45) is 0 Å². The molecule has 0 heterocycles. The molecule has 0 amide bonds. The van der Waals surface area contributed by atoms with E-state index in [0.717, 1.165) is 11.1 Å². The van der Waals surface area contributed by atoms with Crippen molar-refractivity contribution in [2.75, 3.05) is 0 Å². The molecule has 4 aromatic carbocycles. The van der Waals surface area contributed by atoms with Gasteiger partial charge in [-0.25, -0.2) is 0 Å². The highest BCUT2D eigenvalue weighted by atomic mass is 16.3. The average Bonchev–Trinajstić information content (AvgIpc) is 3.09. The van der Waals surface area contributed by atoms with Gasteiger partial charge in [-0.05, 0) is 41.0 Å². The van der Waals surface area contributed by atoms with Crippen LogP contribution >= 0.6 is 0 Å². The molecule has 32 heavy (non-hydrogen) atoms. The van der Waals surface area contributed by atoms with Gasteiger partial charge < -0.3 is 10.2 Å². The van der Waals surface area contributed by atoms with E-state index in [1.807, 2.05) is 24.3 Å². The van der Waals surface area contributed by atoms with E-state index in [4.69, 9.17) is 0 Å². The summed E-state index contributed by atoms with van der Waals surface area (Å²) in [4.78, 5) is 38.9. The lowest BCUT2D eigenvalue weighted by molar-refractivity contribution is 0.0974. The van der Waals surface area contributed by atoms with Crippen molar-refractivity contribution in [3.8, 4) is 33.8 Å². The summed E-state index contributed by atoms with van der Waals surface area (Å²) >= 11 is 0. The third kappa shape index (κ3) is 2.25. The molecule has 0 aromatic heterocycles. The smallest absolute Gasteiger partial charge is 0.201 e. The van der Waals surface area contributed by atoms with Crippen LogP contribution < -0.4 is 0 Å². The van der Waals surface area contributed by atoms with E-state index in [1.54, 1.807) is 24.3 Å². The Morgan fingerprint density at radius 1 is 0.469 bits per heavy atom. The van der Waals surface area contributed by atoms with Gasteiger partial charge in [0.25, 0.3) is 0 Å². The predicted octanol–water partition coefficient (Wildman–Crippen LogP) is 4.75. The second kappa shape index (κ2) is 6.25. The van der Waals surface area contributed by atoms with Gasteiger partial charge in [-0.1, -0.05) is 48.5 Å². The van der Waals surface area contributed by atoms with Gasteiger partial charge in [0.2, 0.25) is 5.78 Å². The van der Waals surface area contributed by atoms with Crippen LogP contribution in [0, 0.1) is 0 Å². The molecule has 0 aliphatic heterocycles. The number of phenolic OH excluding ortho intramolecular Hbond substituents is 2. The van der Waals surface area contributed by atoms with Crippen LogP contribution in [0.5, 0.6) is 11.5 Å². The number of aromatic hydroxyl groups is 2. The molecule has 6 rings (SSSR count). The van der Waals surface area contributed by atoms with Crippen LogP contribution in [0.1, 0.15) is 47.8 Å². The summed E-state index contributed by atoms with van der Waals surface area (Å²) in [6.07, 6.45) is 0. The van der Waals surface area contributed by atoms with Crippen molar-refractivity contribution in [1.29, 1.82) is 0 Å². The maximum absolute atomic E-state index is 13.1. The SMILES string of the molecule is O=C1c2ccccc2-c2ccc(-c3ccc4c(c3O)C(=O)c3c(O)cccc3C4=O)cc21. The lowest BCUT2D eigenvalue weighted by Gasteiger charge is -2.20. The van der Waals surface area contributed by atoms with Crippen LogP contribution in [0.3, 0.4) is 0 Å². The first-order valence-corrected chi connectivity index (χ1v) is 10.0. The van der Waals surface area contributed by atoms with E-state index in [1.165, 1.54) is 24.3 Å². The standard InChI is InChI=1S/C27H14O5/c28-21-7-3-6-18-22(21)27(32)23-19(25(18)30)11-10-14(26(23)31)13-8-9-16-15-4-1-2-5-17(15)24(29)20(16)12-13/h1-12,28,31H. The van der Waals surface area contributed by atoms with Crippen LogP contribution in [0.15, 0.2) is 72.8 Å². The molecule has 0 saturated carbocycles. The Morgan fingerprint density at radius 2 is 1.06 bits per heavy atom. The molecule has 2 aliphatic carbocycles. The highest BCUT2D eigenvalue weighted by Crippen LogP contribution is 2.43. The molecular weight excluding hydrogens is 404 g/mol. The van der Waals surface area contributed by atoms with E-state index >= 15 is 0 Å². The summed E-state index contributed by atoms with van der Waals surface area (Å²) in [5, 5.41) is 21.2. The van der Waals surface area contributed by atoms with E-state index in [9.17, 15) is 24.6 Å². The number of phenols is 2. The molecule has 0 bridgehead atoms. The lowest BCUT2D eigenvalue weighted by atomic mass is 9.81. The van der Waals surface area contributed by atoms with E-state index in [2.05, 4.69) is 0 Å². The highest BCUT2D eigenvalue weighted by Gasteiger charge is 2.35. The first-order chi connectivity index (χ1) is 15.5. The molecule has 0 saturated heterocycles. The van der Waals surface area contributed by atoms with Crippen LogP contribution in [0.4, 0.5) is 0 Å². The fourth-order valence-corrected chi connectivity index (χ4v) is 4.68. The number of carbonyl (C=O) groups is 3. The first-order valence-electron chi connectivity index (χ1n) is 10.0. The zero-order valence-corrected chi connectivity index (χ0v) is 16.5. The van der Waals surface area contributed by atoms with Gasteiger partial charge in [-0.2, -0.15) is 0 Å². The summed E-state index contributed by atoms with van der Waals surface area (Å²) in [5.41, 5.74) is 3.64. The van der Waals surface area contributed by atoms with Gasteiger partial charge in [0.05, 0.1) is 11.1 Å². The van der Waals surface area contributed by atoms with E-state index in [-0.39, 0.29) is 39.5 Å². The van der Waals surface area contributed by atoms with Crippen molar-refractivity contribution in [2.45, 2.75) is 0 Å². The summed E-state index contributed by atoms with van der Waals surface area (Å²) in [6.45, 7) is 0. The minimum Gasteiger partial charge on any atom is -0.507 e. The topological polar surface area (TPSA) is 91.7 Å². The molecular formula is C27H14O5. The second-order valence-corrected chi connectivity index (χ2v) is 7.88. The third-order valence-corrected chi connectivity index (χ3v) is 6.20. The second-order valence-electron chi connectivity index (χ2n) is 7.88. The van der Waals surface area contributed by atoms with Crippen molar-refractivity contribution in [1.82, 2.24) is 0 Å². The lowest BCUT2D eigenvalue weighted by Crippen LogP contribution is -2.21. The number of hydrogen-bond acceptors (Lipinski definition) is 5. The molecule has 5 heteroatoms. The molecule has 2 N–H and O–H groups in total. The van der Waals surface area contributed by atoms with Gasteiger partial charge >= 0.3 is 0 Å². The van der Waals surface area contributed by atoms with Crippen LogP contribution in [-0.4, -0.2) is 27.6 Å². The van der Waals surface area contributed by atoms with Gasteiger partial charge in [-0.3, -0.25) is 14.4 Å². The number of rotatable bonds is 1. The summed E-state index contributed by atoms with van der Waals surface area (Å²) < 4.78 is 0. The zero-order valence-electron chi connectivity index (χ0n) is 16.5. The van der Waals surface area contributed by atoms with E-state index < -0.39 is 11.6 Å². The molecule has 0 atom stereocenters. The molecule has 5 nitrogen and oxygen atoms in total. The van der Waals surface area contributed by atoms with Crippen LogP contribution in [-0.2, 0) is 0 Å². The Balaban J connectivity index is 1.53. The summed E-state index contributed by atoms with van der Waals surface area (Å²) in [7, 11) is 0. The van der Waals surface area contributed by atoms with Gasteiger partial charge in [0.1, 0.15) is 11.5 Å². The Labute approximate surface area is 182 Å². The van der Waals surface area contributed by atoms with Gasteiger partial charge in [0, 0.05) is 27.8 Å². The largest absolute Gasteiger partial charge is 0.507 e. The minimum absolute atomic E-state index is 0.0824. The van der Waals surface area contributed by atoms with E-state index in [0.29, 0.717) is 22.3 Å². The summed E-state index contributed by atoms with van der Waals surface area (Å²) in [5.74, 6) is -1.81. The van der Waals surface area contributed by atoms with Crippen LogP contribution in [0.2, 0.25) is 0 Å². The molecule has 2 aliphatic rings. The molecule has 152 valence electrons. The fourth-order valence-electron chi connectivity index (χ4n) is 4.68. The average molecular weight is 418 g/mol. The molecule has 0 spiro atoms. The number of benzene rings is 4. The predicted molar refractivity (Wildman–Crippen MR) is 117 cm³/mol. The Bertz CT molecular complexity index is 1540. The number of carbonyl (C=O) groups excluding carboxylic acids is 3. The number of ketones is 3. The highest BCUT2D eigenvalue weighted by molar-refractivity contribution is 6.30. The normalized spacial score (nSPS) is 13.4. The number of hydrogen-bond donors (Lipinski definition) is 2. The summed E-state index contributed by atoms with van der Waals surface area (Å²) in [6, 6.07) is 20.0. The zero-order chi connectivity index (χ0) is 22.1. The Kier molecular flexibility index (Phi) is 3.57.